The topological polar surface area (TPSA) is 115 Å². The molecule has 8 nitrogen and oxygen atoms in total. The van der Waals surface area contributed by atoms with E-state index in [-0.39, 0.29) is 16.5 Å². The highest BCUT2D eigenvalue weighted by molar-refractivity contribution is 7.91. The molecule has 2 aliphatic carbocycles. The first kappa shape index (κ1) is 20.0. The monoisotopic (exact) mass is 416 g/mol. The molecule has 9 heteroatoms. The Kier molecular flexibility index (Phi) is 4.77. The summed E-state index contributed by atoms with van der Waals surface area (Å²) in [4.78, 5) is 17.6. The largest absolute Gasteiger partial charge is 0.354 e. The number of carbonyl (C=O) groups excluding carboxylic acids is 1. The number of nitrogens with one attached hydrogen (secondary N) is 1. The third-order valence-corrected chi connectivity index (χ3v) is 7.08. The lowest BCUT2D eigenvalue weighted by atomic mass is 9.90. The minimum atomic E-state index is -3.43. The van der Waals surface area contributed by atoms with E-state index < -0.39 is 15.9 Å². The zero-order chi connectivity index (χ0) is 21.0. The molecule has 0 saturated carbocycles. The van der Waals surface area contributed by atoms with E-state index in [1.54, 1.807) is 16.9 Å². The van der Waals surface area contributed by atoms with E-state index in [1.165, 1.54) is 0 Å². The molecule has 3 N–H and O–H groups in total. The van der Waals surface area contributed by atoms with Gasteiger partial charge in [-0.2, -0.15) is 5.10 Å². The Morgan fingerprint density at radius 3 is 2.76 bits per heavy atom. The maximum atomic E-state index is 12.9. The van der Waals surface area contributed by atoms with E-state index in [4.69, 9.17) is 10.1 Å². The molecule has 1 unspecified atom stereocenters. The van der Waals surface area contributed by atoms with E-state index in [2.05, 4.69) is 28.6 Å². The van der Waals surface area contributed by atoms with Crippen molar-refractivity contribution in [1.29, 1.82) is 0 Å². The Morgan fingerprint density at radius 1 is 1.31 bits per heavy atom. The zero-order valence-electron chi connectivity index (χ0n) is 17.4. The molecule has 2 heterocycles. The Labute approximate surface area is 171 Å². The van der Waals surface area contributed by atoms with E-state index >= 15 is 0 Å². The lowest BCUT2D eigenvalue weighted by Crippen LogP contribution is -2.20. The van der Waals surface area contributed by atoms with Crippen LogP contribution in [0.5, 0.6) is 0 Å². The molecule has 2 aromatic heterocycles. The van der Waals surface area contributed by atoms with E-state index in [0.717, 1.165) is 60.3 Å². The van der Waals surface area contributed by atoms with Gasteiger partial charge < -0.3 is 5.32 Å². The molecule has 0 radical (unpaired) electrons. The summed E-state index contributed by atoms with van der Waals surface area (Å²) in [6, 6.07) is 0.936. The van der Waals surface area contributed by atoms with E-state index in [9.17, 15) is 9.00 Å². The van der Waals surface area contributed by atoms with Gasteiger partial charge in [0.15, 0.2) is 14.9 Å². The molecular formula is C20H28N6O2S. The van der Waals surface area contributed by atoms with Crippen LogP contribution in [0.2, 0.25) is 0 Å². The average molecular weight is 417 g/mol. The average Bonchev–Trinajstić information content (AvgIpc) is 3.34. The highest BCUT2D eigenvalue weighted by atomic mass is 32.2. The molecule has 0 spiro atoms. The van der Waals surface area contributed by atoms with Crippen LogP contribution in [0.15, 0.2) is 21.7 Å². The first-order valence-corrected chi connectivity index (χ1v) is 11.6. The maximum absolute atomic E-state index is 12.9. The standard InChI is InChI=1S/C20H28N6O2S/c1-12(2)26-11-9-16(24-26)29(21,28)25-19(27)23-17-13-6-5-7-15(13)22-18-14(17)8-10-20(18,3)4/h9,11-12H,5-8,10H2,1-4H3,(H3,21,22,23,25,27,28). The van der Waals surface area contributed by atoms with Crippen LogP contribution in [0.25, 0.3) is 0 Å². The molecule has 0 aromatic carbocycles. The van der Waals surface area contributed by atoms with Crippen LogP contribution in [-0.4, -0.2) is 25.0 Å². The summed E-state index contributed by atoms with van der Waals surface area (Å²) < 4.78 is 18.3. The van der Waals surface area contributed by atoms with Gasteiger partial charge in [-0.1, -0.05) is 13.8 Å². The van der Waals surface area contributed by atoms with Crippen LogP contribution in [0, 0.1) is 0 Å². The van der Waals surface area contributed by atoms with Crippen molar-refractivity contribution in [3.8, 4) is 0 Å². The molecule has 156 valence electrons. The first-order valence-electron chi connectivity index (χ1n) is 10.0. The third kappa shape index (κ3) is 3.57. The summed E-state index contributed by atoms with van der Waals surface area (Å²) in [5, 5.41) is 13.1. The number of fused-ring (bicyclic) bond motifs is 2. The Hall–Kier alpha value is -2.26. The van der Waals surface area contributed by atoms with Gasteiger partial charge in [-0.25, -0.2) is 14.1 Å². The van der Waals surface area contributed by atoms with Crippen LogP contribution >= 0.6 is 0 Å². The molecular weight excluding hydrogens is 388 g/mol. The lowest BCUT2D eigenvalue weighted by molar-refractivity contribution is 0.260. The van der Waals surface area contributed by atoms with Crippen molar-refractivity contribution in [2.45, 2.75) is 76.3 Å². The quantitative estimate of drug-likeness (QED) is 0.796. The smallest absolute Gasteiger partial charge is 0.305 e. The number of amides is 2. The van der Waals surface area contributed by atoms with Crippen molar-refractivity contribution < 1.29 is 9.00 Å². The number of anilines is 1. The molecule has 2 aliphatic rings. The van der Waals surface area contributed by atoms with Gasteiger partial charge in [0.1, 0.15) is 0 Å². The van der Waals surface area contributed by atoms with Crippen molar-refractivity contribution in [3.05, 3.63) is 34.8 Å². The fourth-order valence-electron chi connectivity index (χ4n) is 4.20. The number of nitrogens with two attached hydrogens (primary N) is 1. The summed E-state index contributed by atoms with van der Waals surface area (Å²) in [6.45, 7) is 8.26. The van der Waals surface area contributed by atoms with Gasteiger partial charge in [0.25, 0.3) is 0 Å². The number of pyridine rings is 1. The molecule has 29 heavy (non-hydrogen) atoms. The number of hydrogen-bond donors (Lipinski definition) is 2. The molecule has 2 aromatic rings. The fourth-order valence-corrected chi connectivity index (χ4v) is 5.05. The summed E-state index contributed by atoms with van der Waals surface area (Å²) in [5.41, 5.74) is 5.04. The van der Waals surface area contributed by atoms with Gasteiger partial charge in [-0.05, 0) is 63.1 Å². The van der Waals surface area contributed by atoms with Crippen LogP contribution in [0.3, 0.4) is 0 Å². The summed E-state index contributed by atoms with van der Waals surface area (Å²) >= 11 is 0. The van der Waals surface area contributed by atoms with E-state index in [0.29, 0.717) is 0 Å². The van der Waals surface area contributed by atoms with Crippen molar-refractivity contribution in [3.63, 3.8) is 0 Å². The molecule has 2 amide bonds. The predicted octanol–water partition coefficient (Wildman–Crippen LogP) is 3.50. The van der Waals surface area contributed by atoms with Crippen LogP contribution in [0.4, 0.5) is 10.5 Å². The number of rotatable bonds is 3. The molecule has 0 aliphatic heterocycles. The normalized spacial score (nSPS) is 19.0. The van der Waals surface area contributed by atoms with Gasteiger partial charge in [0.05, 0.1) is 11.4 Å². The van der Waals surface area contributed by atoms with Gasteiger partial charge in [-0.15, -0.1) is 4.36 Å². The number of urea groups is 1. The van der Waals surface area contributed by atoms with Crippen molar-refractivity contribution in [2.75, 3.05) is 5.32 Å². The molecule has 4 rings (SSSR count). The van der Waals surface area contributed by atoms with Gasteiger partial charge >= 0.3 is 6.03 Å². The predicted molar refractivity (Wildman–Crippen MR) is 112 cm³/mol. The Bertz CT molecular complexity index is 1110. The van der Waals surface area contributed by atoms with Crippen molar-refractivity contribution in [2.24, 2.45) is 9.50 Å². The van der Waals surface area contributed by atoms with Gasteiger partial charge in [0.2, 0.25) is 0 Å². The van der Waals surface area contributed by atoms with E-state index in [1.807, 2.05) is 13.8 Å². The summed E-state index contributed by atoms with van der Waals surface area (Å²) in [5.74, 6) is 0. The fraction of sp³-hybridized carbons (Fsp3) is 0.550. The SMILES string of the molecule is CC(C)n1ccc(S(N)(=O)=NC(=O)Nc2c3c(nc4c2CCC4(C)C)CCC3)n1. The zero-order valence-corrected chi connectivity index (χ0v) is 18.2. The van der Waals surface area contributed by atoms with Crippen LogP contribution in [-0.2, 0) is 34.6 Å². The number of hydrogen-bond acceptors (Lipinski definition) is 4. The number of nitrogens with zero attached hydrogens (tertiary/aromatic N) is 4. The second kappa shape index (κ2) is 6.91. The van der Waals surface area contributed by atoms with Gasteiger partial charge in [0, 0.05) is 23.3 Å². The maximum Gasteiger partial charge on any atom is 0.354 e. The van der Waals surface area contributed by atoms with Crippen LogP contribution in [0.1, 0.15) is 69.1 Å². The minimum Gasteiger partial charge on any atom is -0.305 e. The lowest BCUT2D eigenvalue weighted by Gasteiger charge is -2.20. The third-order valence-electron chi connectivity index (χ3n) is 5.83. The molecule has 0 fully saturated rings. The Morgan fingerprint density at radius 2 is 2.07 bits per heavy atom. The summed E-state index contributed by atoms with van der Waals surface area (Å²) in [7, 11) is -3.43. The molecule has 0 saturated heterocycles. The summed E-state index contributed by atoms with van der Waals surface area (Å²) in [6.07, 6.45) is 6.34. The number of aryl methyl sites for hydroxylation is 1. The second-order valence-corrected chi connectivity index (χ2v) is 10.5. The first-order chi connectivity index (χ1) is 13.6. The van der Waals surface area contributed by atoms with Crippen LogP contribution < -0.4 is 10.5 Å². The second-order valence-electron chi connectivity index (χ2n) is 8.79. The minimum absolute atomic E-state index is 0.0192. The highest BCUT2D eigenvalue weighted by Gasteiger charge is 2.36. The van der Waals surface area contributed by atoms with Crippen molar-refractivity contribution >= 4 is 21.6 Å². The molecule has 0 bridgehead atoms. The molecule has 1 atom stereocenters. The van der Waals surface area contributed by atoms with Crippen molar-refractivity contribution in [1.82, 2.24) is 14.8 Å². The number of aromatic nitrogens is 3. The van der Waals surface area contributed by atoms with Gasteiger partial charge in [-0.3, -0.25) is 9.67 Å². The number of carbonyl (C=O) groups is 1. The Balaban J connectivity index is 1.69. The highest BCUT2D eigenvalue weighted by Crippen LogP contribution is 2.44.